The van der Waals surface area contributed by atoms with E-state index in [9.17, 15) is 18.0 Å². The molecule has 0 heterocycles. The Morgan fingerprint density at radius 2 is 1.62 bits per heavy atom. The number of amides is 1. The summed E-state index contributed by atoms with van der Waals surface area (Å²) in [4.78, 5) is 23.8. The van der Waals surface area contributed by atoms with Gasteiger partial charge in [0, 0.05) is 17.1 Å². The number of carboxylic acids is 1. The van der Waals surface area contributed by atoms with E-state index in [1.165, 1.54) is 24.3 Å². The van der Waals surface area contributed by atoms with Crippen molar-refractivity contribution < 1.29 is 27.9 Å². The number of aliphatic carboxylic acids is 1. The molecule has 0 bridgehead atoms. The van der Waals surface area contributed by atoms with Gasteiger partial charge >= 0.3 is 5.97 Å². The van der Waals surface area contributed by atoms with Gasteiger partial charge in [-0.15, -0.1) is 0 Å². The fourth-order valence-electron chi connectivity index (χ4n) is 3.87. The SMILES string of the molecule is O=C(O)CO[C@H]1CC[C@H](CCN(C(=O)c2ccccc2)S(=O)(=O)c2ccc(Cl)cc2)CC1. The molecule has 2 aromatic carbocycles. The summed E-state index contributed by atoms with van der Waals surface area (Å²) in [6.07, 6.45) is 3.44. The van der Waals surface area contributed by atoms with Crippen LogP contribution in [0.4, 0.5) is 0 Å². The topological polar surface area (TPSA) is 101 Å². The van der Waals surface area contributed by atoms with Crippen LogP contribution in [-0.4, -0.2) is 49.0 Å². The van der Waals surface area contributed by atoms with Crippen molar-refractivity contribution in [2.75, 3.05) is 13.2 Å². The van der Waals surface area contributed by atoms with E-state index in [2.05, 4.69) is 0 Å². The second-order valence-electron chi connectivity index (χ2n) is 7.84. The van der Waals surface area contributed by atoms with Crippen LogP contribution in [0.25, 0.3) is 0 Å². The molecule has 0 aliphatic heterocycles. The predicted molar refractivity (Wildman–Crippen MR) is 120 cm³/mol. The number of halogens is 1. The van der Waals surface area contributed by atoms with Crippen LogP contribution >= 0.6 is 11.6 Å². The zero-order valence-electron chi connectivity index (χ0n) is 17.5. The highest BCUT2D eigenvalue weighted by Crippen LogP contribution is 2.30. The smallest absolute Gasteiger partial charge is 0.329 e. The number of ether oxygens (including phenoxy) is 1. The monoisotopic (exact) mass is 479 g/mol. The molecule has 1 aliphatic rings. The first-order valence-electron chi connectivity index (χ1n) is 10.5. The minimum atomic E-state index is -4.06. The molecule has 9 heteroatoms. The number of carbonyl (C=O) groups is 2. The number of hydrogen-bond donors (Lipinski definition) is 1. The largest absolute Gasteiger partial charge is 0.480 e. The summed E-state index contributed by atoms with van der Waals surface area (Å²) < 4.78 is 32.9. The van der Waals surface area contributed by atoms with E-state index < -0.39 is 21.9 Å². The van der Waals surface area contributed by atoms with Crippen molar-refractivity contribution in [1.29, 1.82) is 0 Å². The lowest BCUT2D eigenvalue weighted by molar-refractivity contribution is -0.145. The number of sulfonamides is 1. The summed E-state index contributed by atoms with van der Waals surface area (Å²) in [5.41, 5.74) is 0.302. The van der Waals surface area contributed by atoms with E-state index in [1.54, 1.807) is 30.3 Å². The normalized spacial score (nSPS) is 18.8. The fourth-order valence-corrected chi connectivity index (χ4v) is 5.40. The molecule has 1 amide bonds. The van der Waals surface area contributed by atoms with Gasteiger partial charge in [0.2, 0.25) is 0 Å². The lowest BCUT2D eigenvalue weighted by Crippen LogP contribution is -2.38. The van der Waals surface area contributed by atoms with Crippen molar-refractivity contribution in [3.63, 3.8) is 0 Å². The Bertz CT molecular complexity index is 1020. The first-order chi connectivity index (χ1) is 15.3. The fraction of sp³-hybridized carbons (Fsp3) is 0.391. The first-order valence-corrected chi connectivity index (χ1v) is 12.3. The van der Waals surface area contributed by atoms with Gasteiger partial charge in [-0.25, -0.2) is 17.5 Å². The molecule has 0 spiro atoms. The Kier molecular flexibility index (Phi) is 8.28. The summed E-state index contributed by atoms with van der Waals surface area (Å²) in [6, 6.07) is 14.1. The van der Waals surface area contributed by atoms with Gasteiger partial charge in [-0.2, -0.15) is 0 Å². The molecule has 0 aromatic heterocycles. The standard InChI is InChI=1S/C23H26ClNO6S/c24-19-8-12-21(13-9-19)32(29,30)25(23(28)18-4-2-1-3-5-18)15-14-17-6-10-20(11-7-17)31-16-22(26)27/h1-5,8-9,12-13,17,20H,6-7,10-11,14-16H2,(H,26,27)/t17-,20-. The van der Waals surface area contributed by atoms with Crippen LogP contribution < -0.4 is 0 Å². The molecular formula is C23H26ClNO6S. The maximum absolute atomic E-state index is 13.3. The van der Waals surface area contributed by atoms with Gasteiger partial charge < -0.3 is 9.84 Å². The van der Waals surface area contributed by atoms with E-state index in [4.69, 9.17) is 21.4 Å². The van der Waals surface area contributed by atoms with Gasteiger partial charge in [0.25, 0.3) is 15.9 Å². The Hall–Kier alpha value is -2.42. The highest BCUT2D eigenvalue weighted by molar-refractivity contribution is 7.89. The maximum Gasteiger partial charge on any atom is 0.329 e. The lowest BCUT2D eigenvalue weighted by atomic mass is 9.85. The zero-order valence-corrected chi connectivity index (χ0v) is 19.1. The Morgan fingerprint density at radius 3 is 2.22 bits per heavy atom. The van der Waals surface area contributed by atoms with Crippen molar-refractivity contribution in [2.24, 2.45) is 5.92 Å². The van der Waals surface area contributed by atoms with Gasteiger partial charge in [0.15, 0.2) is 0 Å². The summed E-state index contributed by atoms with van der Waals surface area (Å²) in [7, 11) is -4.06. The van der Waals surface area contributed by atoms with E-state index in [0.29, 0.717) is 29.8 Å². The molecule has 1 saturated carbocycles. The van der Waals surface area contributed by atoms with Gasteiger partial charge in [0.05, 0.1) is 11.0 Å². The summed E-state index contributed by atoms with van der Waals surface area (Å²) in [6.45, 7) is -0.252. The third kappa shape index (κ3) is 6.31. The number of rotatable bonds is 9. The summed E-state index contributed by atoms with van der Waals surface area (Å²) >= 11 is 5.90. The van der Waals surface area contributed by atoms with Gasteiger partial charge in [-0.05, 0) is 74.4 Å². The van der Waals surface area contributed by atoms with Crippen LogP contribution in [0, 0.1) is 5.92 Å². The Balaban J connectivity index is 1.72. The van der Waals surface area contributed by atoms with Crippen LogP contribution in [0.2, 0.25) is 5.02 Å². The predicted octanol–water partition coefficient (Wildman–Crippen LogP) is 4.22. The van der Waals surface area contributed by atoms with E-state index in [1.807, 2.05) is 0 Å². The maximum atomic E-state index is 13.3. The van der Waals surface area contributed by atoms with Gasteiger partial charge in [-0.1, -0.05) is 29.8 Å². The summed E-state index contributed by atoms with van der Waals surface area (Å²) in [5.74, 6) is -1.33. The number of benzene rings is 2. The van der Waals surface area contributed by atoms with Crippen molar-refractivity contribution >= 4 is 33.5 Å². The average Bonchev–Trinajstić information content (AvgIpc) is 2.79. The first kappa shape index (κ1) is 24.2. The van der Waals surface area contributed by atoms with Crippen molar-refractivity contribution in [3.8, 4) is 0 Å². The Morgan fingerprint density at radius 1 is 1.00 bits per heavy atom. The molecule has 32 heavy (non-hydrogen) atoms. The molecule has 2 aromatic rings. The zero-order chi connectivity index (χ0) is 23.1. The molecule has 3 rings (SSSR count). The average molecular weight is 480 g/mol. The molecule has 1 fully saturated rings. The molecule has 1 aliphatic carbocycles. The van der Waals surface area contributed by atoms with E-state index in [0.717, 1.165) is 17.1 Å². The molecule has 0 unspecified atom stereocenters. The van der Waals surface area contributed by atoms with Gasteiger partial charge in [-0.3, -0.25) is 4.79 Å². The van der Waals surface area contributed by atoms with Crippen molar-refractivity contribution in [2.45, 2.75) is 43.1 Å². The van der Waals surface area contributed by atoms with Crippen LogP contribution in [0.15, 0.2) is 59.5 Å². The molecule has 0 saturated heterocycles. The third-order valence-corrected chi connectivity index (χ3v) is 7.67. The number of carboxylic acid groups (broad SMARTS) is 1. The van der Waals surface area contributed by atoms with Crippen molar-refractivity contribution in [3.05, 3.63) is 65.2 Å². The third-order valence-electron chi connectivity index (χ3n) is 5.63. The molecular weight excluding hydrogens is 454 g/mol. The molecule has 7 nitrogen and oxygen atoms in total. The van der Waals surface area contributed by atoms with Crippen molar-refractivity contribution in [1.82, 2.24) is 4.31 Å². The second-order valence-corrected chi connectivity index (χ2v) is 10.1. The quantitative estimate of drug-likeness (QED) is 0.577. The molecule has 0 radical (unpaired) electrons. The van der Waals surface area contributed by atoms with Crippen LogP contribution in [0.3, 0.4) is 0 Å². The van der Waals surface area contributed by atoms with Gasteiger partial charge in [0.1, 0.15) is 6.61 Å². The number of carbonyl (C=O) groups excluding carboxylic acids is 1. The number of nitrogens with zero attached hydrogens (tertiary/aromatic N) is 1. The Labute approximate surface area is 193 Å². The molecule has 172 valence electrons. The van der Waals surface area contributed by atoms with E-state index in [-0.39, 0.29) is 30.1 Å². The minimum Gasteiger partial charge on any atom is -0.480 e. The van der Waals surface area contributed by atoms with E-state index >= 15 is 0 Å². The highest BCUT2D eigenvalue weighted by atomic mass is 35.5. The van der Waals surface area contributed by atoms with Crippen LogP contribution in [-0.2, 0) is 19.6 Å². The molecule has 1 N–H and O–H groups in total. The van der Waals surface area contributed by atoms with Crippen LogP contribution in [0.5, 0.6) is 0 Å². The minimum absolute atomic E-state index is 0.0111. The highest BCUT2D eigenvalue weighted by Gasteiger charge is 2.31. The second kappa shape index (κ2) is 10.9. The molecule has 0 atom stereocenters. The number of hydrogen-bond acceptors (Lipinski definition) is 5. The summed E-state index contributed by atoms with van der Waals surface area (Å²) in [5, 5.41) is 9.16. The van der Waals surface area contributed by atoms with Crippen LogP contribution in [0.1, 0.15) is 42.5 Å². The lowest BCUT2D eigenvalue weighted by Gasteiger charge is -2.30.